The third kappa shape index (κ3) is 3.18. The van der Waals surface area contributed by atoms with Gasteiger partial charge in [-0.1, -0.05) is 0 Å². The third-order valence-electron chi connectivity index (χ3n) is 2.73. The van der Waals surface area contributed by atoms with Gasteiger partial charge in [0.2, 0.25) is 0 Å². The highest BCUT2D eigenvalue weighted by Gasteiger charge is 2.15. The molecule has 1 saturated heterocycles. The van der Waals surface area contributed by atoms with Gasteiger partial charge in [-0.2, -0.15) is 0 Å². The zero-order valence-corrected chi connectivity index (χ0v) is 9.61. The van der Waals surface area contributed by atoms with Crippen LogP contribution in [-0.2, 0) is 16.1 Å². The summed E-state index contributed by atoms with van der Waals surface area (Å²) in [4.78, 5) is 4.26. The Morgan fingerprint density at radius 2 is 2.56 bits per heavy atom. The van der Waals surface area contributed by atoms with Crippen molar-refractivity contribution in [3.05, 3.63) is 24.0 Å². The standard InChI is InChI=1S/C12H18N2O2/c1-13-11-2-4-14-12(6-11)9-16-8-10-3-5-15-7-10/h2,4,6,10H,3,5,7-9H2,1H3,(H,13,14). The summed E-state index contributed by atoms with van der Waals surface area (Å²) in [5.41, 5.74) is 2.03. The lowest BCUT2D eigenvalue weighted by Crippen LogP contribution is -2.09. The molecule has 1 aliphatic rings. The first-order valence-electron chi connectivity index (χ1n) is 5.66. The molecule has 4 heteroatoms. The van der Waals surface area contributed by atoms with Crippen LogP contribution in [0.25, 0.3) is 0 Å². The molecule has 1 aromatic heterocycles. The number of anilines is 1. The van der Waals surface area contributed by atoms with E-state index >= 15 is 0 Å². The second kappa shape index (κ2) is 5.82. The first-order chi connectivity index (χ1) is 7.88. The summed E-state index contributed by atoms with van der Waals surface area (Å²) in [6, 6.07) is 3.94. The number of hydrogen-bond acceptors (Lipinski definition) is 4. The molecule has 4 nitrogen and oxygen atoms in total. The molecule has 0 radical (unpaired) electrons. The second-order valence-corrected chi connectivity index (χ2v) is 4.03. The van der Waals surface area contributed by atoms with Gasteiger partial charge in [0.1, 0.15) is 0 Å². The Morgan fingerprint density at radius 1 is 1.62 bits per heavy atom. The van der Waals surface area contributed by atoms with Crippen molar-refractivity contribution in [3.8, 4) is 0 Å². The summed E-state index contributed by atoms with van der Waals surface area (Å²) in [6.45, 7) is 3.06. The van der Waals surface area contributed by atoms with Crippen LogP contribution in [0.15, 0.2) is 18.3 Å². The Labute approximate surface area is 96.0 Å². The van der Waals surface area contributed by atoms with Gasteiger partial charge >= 0.3 is 0 Å². The number of hydrogen-bond donors (Lipinski definition) is 1. The molecule has 2 rings (SSSR count). The molecule has 88 valence electrons. The van der Waals surface area contributed by atoms with E-state index in [0.717, 1.165) is 37.6 Å². The van der Waals surface area contributed by atoms with Crippen molar-refractivity contribution in [1.29, 1.82) is 0 Å². The predicted octanol–water partition coefficient (Wildman–Crippen LogP) is 1.68. The van der Waals surface area contributed by atoms with Crippen LogP contribution in [0.3, 0.4) is 0 Å². The lowest BCUT2D eigenvalue weighted by Gasteiger charge is -2.09. The van der Waals surface area contributed by atoms with Crippen LogP contribution in [0, 0.1) is 5.92 Å². The van der Waals surface area contributed by atoms with Crippen molar-refractivity contribution in [1.82, 2.24) is 4.98 Å². The Kier molecular flexibility index (Phi) is 4.13. The van der Waals surface area contributed by atoms with E-state index in [-0.39, 0.29) is 0 Å². The van der Waals surface area contributed by atoms with E-state index in [0.29, 0.717) is 12.5 Å². The maximum atomic E-state index is 5.63. The van der Waals surface area contributed by atoms with E-state index < -0.39 is 0 Å². The molecule has 0 spiro atoms. The molecule has 16 heavy (non-hydrogen) atoms. The Balaban J connectivity index is 1.75. The minimum Gasteiger partial charge on any atom is -0.388 e. The van der Waals surface area contributed by atoms with E-state index in [9.17, 15) is 0 Å². The summed E-state index contributed by atoms with van der Waals surface area (Å²) in [5, 5.41) is 3.08. The third-order valence-corrected chi connectivity index (χ3v) is 2.73. The van der Waals surface area contributed by atoms with Gasteiger partial charge in [-0.25, -0.2) is 0 Å². The highest BCUT2D eigenvalue weighted by molar-refractivity contribution is 5.42. The minimum absolute atomic E-state index is 0.562. The highest BCUT2D eigenvalue weighted by atomic mass is 16.5. The van der Waals surface area contributed by atoms with E-state index in [1.165, 1.54) is 0 Å². The smallest absolute Gasteiger partial charge is 0.0888 e. The lowest BCUT2D eigenvalue weighted by atomic mass is 10.1. The summed E-state index contributed by atoms with van der Waals surface area (Å²) in [7, 11) is 1.90. The van der Waals surface area contributed by atoms with Crippen LogP contribution in [0.1, 0.15) is 12.1 Å². The summed E-state index contributed by atoms with van der Waals surface area (Å²) in [5.74, 6) is 0.562. The van der Waals surface area contributed by atoms with Gasteiger partial charge in [0.15, 0.2) is 0 Å². The van der Waals surface area contributed by atoms with Gasteiger partial charge in [0, 0.05) is 31.5 Å². The van der Waals surface area contributed by atoms with Crippen molar-refractivity contribution in [2.75, 3.05) is 32.2 Å². The van der Waals surface area contributed by atoms with Gasteiger partial charge < -0.3 is 14.8 Å². The number of nitrogens with zero attached hydrogens (tertiary/aromatic N) is 1. The Hall–Kier alpha value is -1.13. The fourth-order valence-electron chi connectivity index (χ4n) is 1.76. The van der Waals surface area contributed by atoms with E-state index in [1.807, 2.05) is 19.2 Å². The van der Waals surface area contributed by atoms with E-state index in [2.05, 4.69) is 10.3 Å². The molecular weight excluding hydrogens is 204 g/mol. The van der Waals surface area contributed by atoms with E-state index in [1.54, 1.807) is 6.20 Å². The minimum atomic E-state index is 0.562. The molecule has 1 aliphatic heterocycles. The molecule has 1 unspecified atom stereocenters. The van der Waals surface area contributed by atoms with Gasteiger partial charge in [-0.15, -0.1) is 0 Å². The average Bonchev–Trinajstić information content (AvgIpc) is 2.82. The van der Waals surface area contributed by atoms with Crippen LogP contribution in [0.2, 0.25) is 0 Å². The average molecular weight is 222 g/mol. The molecule has 1 aromatic rings. The largest absolute Gasteiger partial charge is 0.388 e. The zero-order chi connectivity index (χ0) is 11.2. The summed E-state index contributed by atoms with van der Waals surface area (Å²) in [6.07, 6.45) is 2.91. The number of ether oxygens (including phenoxy) is 2. The van der Waals surface area contributed by atoms with Crippen molar-refractivity contribution < 1.29 is 9.47 Å². The van der Waals surface area contributed by atoms with Gasteiger partial charge in [0.25, 0.3) is 0 Å². The highest BCUT2D eigenvalue weighted by Crippen LogP contribution is 2.13. The molecule has 0 aliphatic carbocycles. The molecule has 0 saturated carbocycles. The molecule has 1 N–H and O–H groups in total. The number of rotatable bonds is 5. The Bertz CT molecular complexity index is 325. The molecule has 2 heterocycles. The second-order valence-electron chi connectivity index (χ2n) is 4.03. The number of aromatic nitrogens is 1. The molecule has 1 atom stereocenters. The zero-order valence-electron chi connectivity index (χ0n) is 9.61. The maximum absolute atomic E-state index is 5.63. The molecule has 1 fully saturated rings. The van der Waals surface area contributed by atoms with Crippen molar-refractivity contribution >= 4 is 5.69 Å². The molecule has 0 aromatic carbocycles. The predicted molar refractivity (Wildman–Crippen MR) is 62.4 cm³/mol. The topological polar surface area (TPSA) is 43.4 Å². The fourth-order valence-corrected chi connectivity index (χ4v) is 1.76. The monoisotopic (exact) mass is 222 g/mol. The summed E-state index contributed by atoms with van der Waals surface area (Å²) < 4.78 is 10.9. The molecule has 0 bridgehead atoms. The fraction of sp³-hybridized carbons (Fsp3) is 0.583. The Morgan fingerprint density at radius 3 is 3.31 bits per heavy atom. The number of nitrogens with one attached hydrogen (secondary N) is 1. The van der Waals surface area contributed by atoms with Crippen LogP contribution in [0.5, 0.6) is 0 Å². The quantitative estimate of drug-likeness (QED) is 0.823. The van der Waals surface area contributed by atoms with Crippen molar-refractivity contribution in [2.24, 2.45) is 5.92 Å². The van der Waals surface area contributed by atoms with Gasteiger partial charge in [-0.05, 0) is 18.6 Å². The normalized spacial score (nSPS) is 19.9. The van der Waals surface area contributed by atoms with E-state index in [4.69, 9.17) is 9.47 Å². The van der Waals surface area contributed by atoms with Crippen LogP contribution in [0.4, 0.5) is 5.69 Å². The first kappa shape index (κ1) is 11.4. The lowest BCUT2D eigenvalue weighted by molar-refractivity contribution is 0.0773. The molecule has 0 amide bonds. The maximum Gasteiger partial charge on any atom is 0.0888 e. The van der Waals surface area contributed by atoms with Crippen LogP contribution >= 0.6 is 0 Å². The molecular formula is C12H18N2O2. The first-order valence-corrected chi connectivity index (χ1v) is 5.66. The van der Waals surface area contributed by atoms with Gasteiger partial charge in [-0.3, -0.25) is 4.98 Å². The number of pyridine rings is 1. The van der Waals surface area contributed by atoms with Crippen LogP contribution < -0.4 is 5.32 Å². The van der Waals surface area contributed by atoms with Crippen molar-refractivity contribution in [3.63, 3.8) is 0 Å². The summed E-state index contributed by atoms with van der Waals surface area (Å²) >= 11 is 0. The van der Waals surface area contributed by atoms with Crippen molar-refractivity contribution in [2.45, 2.75) is 13.0 Å². The van der Waals surface area contributed by atoms with Crippen LogP contribution in [-0.4, -0.2) is 31.9 Å². The SMILES string of the molecule is CNc1ccnc(COCC2CCOC2)c1. The van der Waals surface area contributed by atoms with Gasteiger partial charge in [0.05, 0.1) is 25.5 Å².